The fraction of sp³-hybridized carbons (Fsp3) is 0.235. The second kappa shape index (κ2) is 6.04. The Balaban J connectivity index is 1.91. The molecule has 1 amide bonds. The van der Waals surface area contributed by atoms with Crippen LogP contribution in [0.15, 0.2) is 47.4 Å². The molecule has 5 nitrogen and oxygen atoms in total. The predicted octanol–water partition coefficient (Wildman–Crippen LogP) is 2.47. The summed E-state index contributed by atoms with van der Waals surface area (Å²) in [6, 6.07) is 11.3. The van der Waals surface area contributed by atoms with Gasteiger partial charge in [-0.05, 0) is 67.1 Å². The van der Waals surface area contributed by atoms with Gasteiger partial charge in [0.25, 0.3) is 10.0 Å². The molecule has 0 aliphatic heterocycles. The van der Waals surface area contributed by atoms with Gasteiger partial charge in [-0.3, -0.25) is 9.52 Å². The van der Waals surface area contributed by atoms with Gasteiger partial charge >= 0.3 is 0 Å². The summed E-state index contributed by atoms with van der Waals surface area (Å²) in [7, 11) is -3.69. The lowest BCUT2D eigenvalue weighted by Gasteiger charge is -2.20. The van der Waals surface area contributed by atoms with E-state index in [9.17, 15) is 13.2 Å². The van der Waals surface area contributed by atoms with Crippen molar-refractivity contribution in [1.82, 2.24) is 0 Å². The Labute approximate surface area is 135 Å². The summed E-state index contributed by atoms with van der Waals surface area (Å²) in [5.41, 5.74) is 8.38. The maximum absolute atomic E-state index is 12.5. The standard InChI is InChI=1S/C17H18N2O3S/c18-17(20)13-8-10-14(11-9-13)23(21,22)19-16-7-3-5-12-4-1-2-6-15(12)16/h3,5,7-11,19H,1-2,4,6H2,(H2,18,20). The smallest absolute Gasteiger partial charge is 0.261 e. The number of sulfonamides is 1. The van der Waals surface area contributed by atoms with Gasteiger partial charge in [-0.15, -0.1) is 0 Å². The summed E-state index contributed by atoms with van der Waals surface area (Å²) in [5, 5.41) is 0. The summed E-state index contributed by atoms with van der Waals surface area (Å²) in [5.74, 6) is -0.584. The van der Waals surface area contributed by atoms with E-state index in [0.717, 1.165) is 31.2 Å². The van der Waals surface area contributed by atoms with Crippen LogP contribution in [-0.2, 0) is 22.9 Å². The van der Waals surface area contributed by atoms with Gasteiger partial charge in [0, 0.05) is 5.56 Å². The van der Waals surface area contributed by atoms with E-state index < -0.39 is 15.9 Å². The zero-order chi connectivity index (χ0) is 16.4. The molecule has 0 bridgehead atoms. The molecule has 0 fully saturated rings. The Hall–Kier alpha value is -2.34. The summed E-state index contributed by atoms with van der Waals surface area (Å²) in [4.78, 5) is 11.2. The molecule has 120 valence electrons. The molecule has 3 N–H and O–H groups in total. The van der Waals surface area contributed by atoms with E-state index in [1.165, 1.54) is 29.8 Å². The number of amides is 1. The van der Waals surface area contributed by atoms with Crippen LogP contribution in [0.1, 0.15) is 34.3 Å². The Morgan fingerprint density at radius 1 is 1.00 bits per heavy atom. The van der Waals surface area contributed by atoms with Gasteiger partial charge in [-0.25, -0.2) is 8.42 Å². The van der Waals surface area contributed by atoms with Gasteiger partial charge < -0.3 is 5.73 Å². The zero-order valence-corrected chi connectivity index (χ0v) is 13.4. The van der Waals surface area contributed by atoms with Gasteiger partial charge in [0.1, 0.15) is 0 Å². The number of benzene rings is 2. The molecule has 2 aromatic rings. The van der Waals surface area contributed by atoms with Crippen molar-refractivity contribution in [3.05, 3.63) is 59.2 Å². The number of hydrogen-bond acceptors (Lipinski definition) is 3. The number of carbonyl (C=O) groups is 1. The van der Waals surface area contributed by atoms with Crippen LogP contribution in [0, 0.1) is 0 Å². The molecule has 0 unspecified atom stereocenters. The molecule has 2 aromatic carbocycles. The minimum Gasteiger partial charge on any atom is -0.366 e. The third kappa shape index (κ3) is 3.22. The molecular formula is C17H18N2O3S. The first-order chi connectivity index (χ1) is 11.0. The first-order valence-corrected chi connectivity index (χ1v) is 8.99. The molecule has 1 aliphatic carbocycles. The van der Waals surface area contributed by atoms with Crippen LogP contribution in [0.4, 0.5) is 5.69 Å². The van der Waals surface area contributed by atoms with Crippen molar-refractivity contribution in [2.24, 2.45) is 5.73 Å². The minimum absolute atomic E-state index is 0.107. The van der Waals surface area contributed by atoms with Gasteiger partial charge in [0.15, 0.2) is 0 Å². The molecule has 0 atom stereocenters. The van der Waals surface area contributed by atoms with E-state index in [1.54, 1.807) is 6.07 Å². The third-order valence-corrected chi connectivity index (χ3v) is 5.47. The van der Waals surface area contributed by atoms with E-state index >= 15 is 0 Å². The van der Waals surface area contributed by atoms with Crippen molar-refractivity contribution in [2.45, 2.75) is 30.6 Å². The lowest BCUT2D eigenvalue weighted by molar-refractivity contribution is 0.1000. The molecule has 1 aliphatic rings. The Bertz CT molecular complexity index is 843. The van der Waals surface area contributed by atoms with Gasteiger partial charge in [0.2, 0.25) is 5.91 Å². The average Bonchev–Trinajstić information content (AvgIpc) is 2.55. The fourth-order valence-electron chi connectivity index (χ4n) is 2.88. The summed E-state index contributed by atoms with van der Waals surface area (Å²) >= 11 is 0. The average molecular weight is 330 g/mol. The number of primary amides is 1. The molecule has 0 heterocycles. The van der Waals surface area contributed by atoms with Crippen molar-refractivity contribution in [3.63, 3.8) is 0 Å². The predicted molar refractivity (Wildman–Crippen MR) is 88.9 cm³/mol. The largest absolute Gasteiger partial charge is 0.366 e. The molecule has 0 aromatic heterocycles. The van der Waals surface area contributed by atoms with Crippen LogP contribution >= 0.6 is 0 Å². The number of nitrogens with two attached hydrogens (primary N) is 1. The van der Waals surface area contributed by atoms with Gasteiger partial charge in [0.05, 0.1) is 10.6 Å². The van der Waals surface area contributed by atoms with Crippen LogP contribution in [-0.4, -0.2) is 14.3 Å². The van der Waals surface area contributed by atoms with E-state index in [0.29, 0.717) is 5.69 Å². The van der Waals surface area contributed by atoms with Crippen molar-refractivity contribution >= 4 is 21.6 Å². The van der Waals surface area contributed by atoms with E-state index in [4.69, 9.17) is 5.73 Å². The second-order valence-electron chi connectivity index (χ2n) is 5.64. The highest BCUT2D eigenvalue weighted by Crippen LogP contribution is 2.29. The highest BCUT2D eigenvalue weighted by Gasteiger charge is 2.19. The number of carbonyl (C=O) groups excluding carboxylic acids is 1. The number of hydrogen-bond donors (Lipinski definition) is 2. The fourth-order valence-corrected chi connectivity index (χ4v) is 3.97. The number of anilines is 1. The Kier molecular flexibility index (Phi) is 4.09. The van der Waals surface area contributed by atoms with E-state index in [1.807, 2.05) is 12.1 Å². The third-order valence-electron chi connectivity index (χ3n) is 4.09. The number of rotatable bonds is 4. The summed E-state index contributed by atoms with van der Waals surface area (Å²) < 4.78 is 27.7. The van der Waals surface area contributed by atoms with Crippen molar-refractivity contribution in [1.29, 1.82) is 0 Å². The number of fused-ring (bicyclic) bond motifs is 1. The molecule has 3 rings (SSSR count). The molecule has 0 spiro atoms. The molecule has 0 radical (unpaired) electrons. The van der Waals surface area contributed by atoms with Crippen LogP contribution in [0.2, 0.25) is 0 Å². The Morgan fingerprint density at radius 2 is 1.70 bits per heavy atom. The van der Waals surface area contributed by atoms with Crippen LogP contribution < -0.4 is 10.5 Å². The van der Waals surface area contributed by atoms with Gasteiger partial charge in [-0.2, -0.15) is 0 Å². The van der Waals surface area contributed by atoms with Crippen LogP contribution in [0.5, 0.6) is 0 Å². The quantitative estimate of drug-likeness (QED) is 0.902. The summed E-state index contributed by atoms with van der Waals surface area (Å²) in [6.07, 6.45) is 4.07. The van der Waals surface area contributed by atoms with E-state index in [2.05, 4.69) is 4.72 Å². The first-order valence-electron chi connectivity index (χ1n) is 7.51. The summed E-state index contributed by atoms with van der Waals surface area (Å²) in [6.45, 7) is 0. The lowest BCUT2D eigenvalue weighted by atomic mass is 9.91. The maximum Gasteiger partial charge on any atom is 0.261 e. The topological polar surface area (TPSA) is 89.3 Å². The zero-order valence-electron chi connectivity index (χ0n) is 12.6. The molecular weight excluding hydrogens is 312 g/mol. The maximum atomic E-state index is 12.5. The van der Waals surface area contributed by atoms with Crippen molar-refractivity contribution in [3.8, 4) is 0 Å². The highest BCUT2D eigenvalue weighted by atomic mass is 32.2. The van der Waals surface area contributed by atoms with Crippen molar-refractivity contribution in [2.75, 3.05) is 4.72 Å². The van der Waals surface area contributed by atoms with E-state index in [-0.39, 0.29) is 10.5 Å². The molecule has 0 saturated carbocycles. The van der Waals surface area contributed by atoms with Crippen LogP contribution in [0.3, 0.4) is 0 Å². The molecule has 0 saturated heterocycles. The first kappa shape index (κ1) is 15.6. The molecule has 6 heteroatoms. The SMILES string of the molecule is NC(=O)c1ccc(S(=O)(=O)Nc2cccc3c2CCCC3)cc1. The number of nitrogens with one attached hydrogen (secondary N) is 1. The monoisotopic (exact) mass is 330 g/mol. The number of aryl methyl sites for hydroxylation is 1. The van der Waals surface area contributed by atoms with Crippen LogP contribution in [0.25, 0.3) is 0 Å². The highest BCUT2D eigenvalue weighted by molar-refractivity contribution is 7.92. The molecule has 23 heavy (non-hydrogen) atoms. The Morgan fingerprint density at radius 3 is 2.39 bits per heavy atom. The normalized spacial score (nSPS) is 14.1. The van der Waals surface area contributed by atoms with Crippen molar-refractivity contribution < 1.29 is 13.2 Å². The minimum atomic E-state index is -3.69. The lowest BCUT2D eigenvalue weighted by Crippen LogP contribution is -2.17. The van der Waals surface area contributed by atoms with Gasteiger partial charge in [-0.1, -0.05) is 12.1 Å². The second-order valence-corrected chi connectivity index (χ2v) is 7.33.